The third kappa shape index (κ3) is 1.98. The molecular weight excluding hydrogens is 208 g/mol. The summed E-state index contributed by atoms with van der Waals surface area (Å²) in [5, 5.41) is 17.4. The predicted octanol–water partition coefficient (Wildman–Crippen LogP) is 1.14. The van der Waals surface area contributed by atoms with Gasteiger partial charge in [-0.3, -0.25) is 0 Å². The lowest BCUT2D eigenvalue weighted by Crippen LogP contribution is -2.37. The number of nitriles is 1. The molecule has 0 spiro atoms. The van der Waals surface area contributed by atoms with Gasteiger partial charge < -0.3 is 15.0 Å². The van der Waals surface area contributed by atoms with Crippen molar-refractivity contribution in [3.63, 3.8) is 0 Å². The van der Waals surface area contributed by atoms with Crippen molar-refractivity contribution < 1.29 is 9.90 Å². The van der Waals surface area contributed by atoms with Gasteiger partial charge in [-0.1, -0.05) is 0 Å². The normalized spacial score (nSPS) is 17.1. The zero-order valence-corrected chi connectivity index (χ0v) is 8.68. The van der Waals surface area contributed by atoms with Crippen LogP contribution in [0.2, 0.25) is 0 Å². The Morgan fingerprint density at radius 1 is 1.62 bits per heavy atom. The topological polar surface area (TPSA) is 93.0 Å². The summed E-state index contributed by atoms with van der Waals surface area (Å²) in [4.78, 5) is 19.2. The summed E-state index contributed by atoms with van der Waals surface area (Å²) in [6, 6.07) is 1.97. The maximum Gasteiger partial charge on any atom is 0.407 e. The number of imidazole rings is 1. The van der Waals surface area contributed by atoms with Crippen LogP contribution in [0.1, 0.15) is 30.3 Å². The molecule has 0 radical (unpaired) electrons. The standard InChI is InChI=1S/C10H12N4O2/c11-5-8-6-12-9(13-8)7-1-3-14(4-2-7)10(15)16/h6-7H,1-4H2,(H,12,13)(H,15,16). The van der Waals surface area contributed by atoms with E-state index in [1.165, 1.54) is 4.90 Å². The summed E-state index contributed by atoms with van der Waals surface area (Å²) in [6.45, 7) is 1.06. The molecule has 0 saturated carbocycles. The lowest BCUT2D eigenvalue weighted by molar-refractivity contribution is 0.131. The van der Waals surface area contributed by atoms with Gasteiger partial charge in [0.05, 0.1) is 0 Å². The van der Waals surface area contributed by atoms with Crippen molar-refractivity contribution in [2.45, 2.75) is 18.8 Å². The van der Waals surface area contributed by atoms with E-state index >= 15 is 0 Å². The second-order valence-corrected chi connectivity index (χ2v) is 3.83. The molecule has 0 unspecified atom stereocenters. The van der Waals surface area contributed by atoms with E-state index in [0.29, 0.717) is 18.8 Å². The van der Waals surface area contributed by atoms with E-state index in [1.54, 1.807) is 6.20 Å². The Morgan fingerprint density at radius 3 is 2.81 bits per heavy atom. The van der Waals surface area contributed by atoms with E-state index in [9.17, 15) is 4.79 Å². The smallest absolute Gasteiger partial charge is 0.407 e. The van der Waals surface area contributed by atoms with Gasteiger partial charge in [-0.05, 0) is 12.8 Å². The van der Waals surface area contributed by atoms with E-state index in [2.05, 4.69) is 9.97 Å². The van der Waals surface area contributed by atoms with Crippen LogP contribution < -0.4 is 0 Å². The zero-order valence-electron chi connectivity index (χ0n) is 8.68. The number of carboxylic acid groups (broad SMARTS) is 1. The molecule has 6 heteroatoms. The summed E-state index contributed by atoms with van der Waals surface area (Å²) in [5.41, 5.74) is 0.385. The number of hydrogen-bond donors (Lipinski definition) is 2. The quantitative estimate of drug-likeness (QED) is 0.742. The highest BCUT2D eigenvalue weighted by atomic mass is 16.4. The van der Waals surface area contributed by atoms with Crippen LogP contribution in [-0.2, 0) is 0 Å². The highest BCUT2D eigenvalue weighted by molar-refractivity contribution is 5.65. The van der Waals surface area contributed by atoms with Crippen LogP contribution in [0.4, 0.5) is 4.79 Å². The lowest BCUT2D eigenvalue weighted by Gasteiger charge is -2.28. The van der Waals surface area contributed by atoms with Gasteiger partial charge in [0, 0.05) is 25.2 Å². The molecule has 1 aliphatic heterocycles. The number of carbonyl (C=O) groups is 1. The third-order valence-corrected chi connectivity index (χ3v) is 2.86. The molecule has 1 aliphatic rings. The van der Waals surface area contributed by atoms with E-state index < -0.39 is 6.09 Å². The van der Waals surface area contributed by atoms with Crippen LogP contribution in [0, 0.1) is 11.3 Å². The number of nitrogens with one attached hydrogen (secondary N) is 1. The maximum absolute atomic E-state index is 10.7. The minimum atomic E-state index is -0.865. The predicted molar refractivity (Wildman–Crippen MR) is 54.9 cm³/mol. The summed E-state index contributed by atoms with van der Waals surface area (Å²) < 4.78 is 0. The molecule has 1 saturated heterocycles. The Kier molecular flexibility index (Phi) is 2.77. The van der Waals surface area contributed by atoms with Gasteiger partial charge in [-0.2, -0.15) is 5.26 Å². The highest BCUT2D eigenvalue weighted by Crippen LogP contribution is 2.25. The van der Waals surface area contributed by atoms with Crippen LogP contribution in [0.5, 0.6) is 0 Å². The fraction of sp³-hybridized carbons (Fsp3) is 0.500. The Labute approximate surface area is 92.5 Å². The van der Waals surface area contributed by atoms with Crippen molar-refractivity contribution in [2.75, 3.05) is 13.1 Å². The van der Waals surface area contributed by atoms with Crippen molar-refractivity contribution >= 4 is 6.09 Å². The van der Waals surface area contributed by atoms with Gasteiger partial charge in [-0.15, -0.1) is 0 Å². The molecule has 2 heterocycles. The van der Waals surface area contributed by atoms with E-state index in [-0.39, 0.29) is 5.92 Å². The van der Waals surface area contributed by atoms with Crippen LogP contribution in [-0.4, -0.2) is 39.2 Å². The second kappa shape index (κ2) is 4.23. The molecular formula is C10H12N4O2. The van der Waals surface area contributed by atoms with Crippen LogP contribution >= 0.6 is 0 Å². The zero-order chi connectivity index (χ0) is 11.5. The van der Waals surface area contributed by atoms with Crippen molar-refractivity contribution in [3.05, 3.63) is 17.7 Å². The van der Waals surface area contributed by atoms with Crippen LogP contribution in [0.3, 0.4) is 0 Å². The van der Waals surface area contributed by atoms with Gasteiger partial charge in [0.25, 0.3) is 0 Å². The highest BCUT2D eigenvalue weighted by Gasteiger charge is 2.25. The van der Waals surface area contributed by atoms with Crippen molar-refractivity contribution in [1.29, 1.82) is 5.26 Å². The first-order valence-corrected chi connectivity index (χ1v) is 5.14. The molecule has 1 amide bonds. The Bertz CT molecular complexity index is 426. The summed E-state index contributed by atoms with van der Waals surface area (Å²) in [6.07, 6.45) is 2.23. The minimum Gasteiger partial charge on any atom is -0.465 e. The number of piperidine rings is 1. The summed E-state index contributed by atoms with van der Waals surface area (Å²) >= 11 is 0. The number of H-pyrrole nitrogens is 1. The second-order valence-electron chi connectivity index (χ2n) is 3.83. The SMILES string of the molecule is N#Cc1c[nH]c(C2CCN(C(=O)O)CC2)n1. The molecule has 6 nitrogen and oxygen atoms in total. The summed E-state index contributed by atoms with van der Waals surface area (Å²) in [5.74, 6) is 1.03. The number of aromatic amines is 1. The average molecular weight is 220 g/mol. The molecule has 1 aromatic rings. The van der Waals surface area contributed by atoms with Gasteiger partial charge in [0.15, 0.2) is 5.69 Å². The van der Waals surface area contributed by atoms with E-state index in [1.807, 2.05) is 6.07 Å². The fourth-order valence-electron chi connectivity index (χ4n) is 1.95. The van der Waals surface area contributed by atoms with Crippen molar-refractivity contribution in [3.8, 4) is 6.07 Å². The van der Waals surface area contributed by atoms with Gasteiger partial charge in [-0.25, -0.2) is 9.78 Å². The first-order chi connectivity index (χ1) is 7.70. The fourth-order valence-corrected chi connectivity index (χ4v) is 1.95. The largest absolute Gasteiger partial charge is 0.465 e. The molecule has 1 aromatic heterocycles. The Hall–Kier alpha value is -2.03. The monoisotopic (exact) mass is 220 g/mol. The number of likely N-dealkylation sites (tertiary alicyclic amines) is 1. The molecule has 1 fully saturated rings. The van der Waals surface area contributed by atoms with Crippen LogP contribution in [0.15, 0.2) is 6.20 Å². The molecule has 2 rings (SSSR count). The van der Waals surface area contributed by atoms with Crippen molar-refractivity contribution in [2.24, 2.45) is 0 Å². The third-order valence-electron chi connectivity index (χ3n) is 2.86. The molecule has 84 valence electrons. The molecule has 0 aromatic carbocycles. The van der Waals surface area contributed by atoms with Gasteiger partial charge in [0.1, 0.15) is 11.9 Å². The maximum atomic E-state index is 10.7. The lowest BCUT2D eigenvalue weighted by atomic mass is 9.96. The summed E-state index contributed by atoms with van der Waals surface area (Å²) in [7, 11) is 0. The molecule has 16 heavy (non-hydrogen) atoms. The number of hydrogen-bond acceptors (Lipinski definition) is 3. The Morgan fingerprint density at radius 2 is 2.31 bits per heavy atom. The number of nitrogens with zero attached hydrogens (tertiary/aromatic N) is 3. The van der Waals surface area contributed by atoms with Crippen LogP contribution in [0.25, 0.3) is 0 Å². The van der Waals surface area contributed by atoms with Crippen molar-refractivity contribution in [1.82, 2.24) is 14.9 Å². The molecule has 2 N–H and O–H groups in total. The number of rotatable bonds is 1. The minimum absolute atomic E-state index is 0.234. The molecule has 0 bridgehead atoms. The van der Waals surface area contributed by atoms with E-state index in [4.69, 9.17) is 10.4 Å². The number of aromatic nitrogens is 2. The van der Waals surface area contributed by atoms with Gasteiger partial charge >= 0.3 is 6.09 Å². The first-order valence-electron chi connectivity index (χ1n) is 5.14. The molecule has 0 aliphatic carbocycles. The first kappa shape index (κ1) is 10.5. The number of amides is 1. The Balaban J connectivity index is 1.99. The van der Waals surface area contributed by atoms with E-state index in [0.717, 1.165) is 18.7 Å². The molecule has 0 atom stereocenters. The van der Waals surface area contributed by atoms with Gasteiger partial charge in [0.2, 0.25) is 0 Å². The average Bonchev–Trinajstić information content (AvgIpc) is 2.77.